The summed E-state index contributed by atoms with van der Waals surface area (Å²) in [6, 6.07) is 6.09. The summed E-state index contributed by atoms with van der Waals surface area (Å²) < 4.78 is 5.27. The number of hydrogen-bond donors (Lipinski definition) is 2. The fourth-order valence-electron chi connectivity index (χ4n) is 1.67. The Labute approximate surface area is 82.9 Å². The van der Waals surface area contributed by atoms with E-state index in [1.54, 1.807) is 7.11 Å². The average Bonchev–Trinajstić information content (AvgIpc) is 2.63. The minimum Gasteiger partial charge on any atom is -0.495 e. The third kappa shape index (κ3) is 1.26. The van der Waals surface area contributed by atoms with Crippen molar-refractivity contribution in [3.8, 4) is 5.75 Å². The summed E-state index contributed by atoms with van der Waals surface area (Å²) >= 11 is 0. The number of benzene rings is 1. The largest absolute Gasteiger partial charge is 0.495 e. The zero-order valence-corrected chi connectivity index (χ0v) is 8.42. The molecule has 3 heteroatoms. The van der Waals surface area contributed by atoms with E-state index in [9.17, 15) is 0 Å². The number of rotatable bonds is 2. The van der Waals surface area contributed by atoms with E-state index in [-0.39, 0.29) is 0 Å². The van der Waals surface area contributed by atoms with Crippen molar-refractivity contribution in [1.29, 1.82) is 0 Å². The lowest BCUT2D eigenvalue weighted by Crippen LogP contribution is -1.95. The van der Waals surface area contributed by atoms with E-state index in [0.29, 0.717) is 6.54 Å². The number of hydrogen-bond acceptors (Lipinski definition) is 2. The zero-order chi connectivity index (χ0) is 10.1. The summed E-state index contributed by atoms with van der Waals surface area (Å²) in [5.41, 5.74) is 8.89. The Morgan fingerprint density at radius 2 is 2.21 bits per heavy atom. The topological polar surface area (TPSA) is 51.0 Å². The van der Waals surface area contributed by atoms with Crippen LogP contribution in [0.15, 0.2) is 18.2 Å². The molecule has 0 aliphatic carbocycles. The third-order valence-electron chi connectivity index (χ3n) is 2.47. The molecule has 0 atom stereocenters. The second-order valence-corrected chi connectivity index (χ2v) is 3.37. The first-order valence-electron chi connectivity index (χ1n) is 4.61. The van der Waals surface area contributed by atoms with E-state index in [0.717, 1.165) is 17.0 Å². The molecular weight excluding hydrogens is 176 g/mol. The molecule has 1 aromatic carbocycles. The summed E-state index contributed by atoms with van der Waals surface area (Å²) in [4.78, 5) is 3.26. The summed E-state index contributed by atoms with van der Waals surface area (Å²) in [7, 11) is 1.67. The molecule has 0 bridgehead atoms. The molecule has 0 amide bonds. The summed E-state index contributed by atoms with van der Waals surface area (Å²) in [6.45, 7) is 2.60. The first-order valence-corrected chi connectivity index (χ1v) is 4.61. The van der Waals surface area contributed by atoms with E-state index >= 15 is 0 Å². The molecule has 0 unspecified atom stereocenters. The van der Waals surface area contributed by atoms with Crippen molar-refractivity contribution in [2.75, 3.05) is 7.11 Å². The van der Waals surface area contributed by atoms with Crippen molar-refractivity contribution in [2.24, 2.45) is 5.73 Å². The highest BCUT2D eigenvalue weighted by Crippen LogP contribution is 2.28. The van der Waals surface area contributed by atoms with Crippen molar-refractivity contribution in [3.63, 3.8) is 0 Å². The van der Waals surface area contributed by atoms with Gasteiger partial charge >= 0.3 is 0 Å². The second kappa shape index (κ2) is 3.35. The highest BCUT2D eigenvalue weighted by atomic mass is 16.5. The number of nitrogens with one attached hydrogen (secondary N) is 1. The maximum atomic E-state index is 5.58. The number of aryl methyl sites for hydroxylation is 1. The minimum atomic E-state index is 0.525. The average molecular weight is 190 g/mol. The quantitative estimate of drug-likeness (QED) is 0.760. The molecule has 14 heavy (non-hydrogen) atoms. The van der Waals surface area contributed by atoms with Gasteiger partial charge in [0.05, 0.1) is 12.6 Å². The molecule has 0 fully saturated rings. The molecule has 2 aromatic rings. The molecule has 1 heterocycles. The summed E-state index contributed by atoms with van der Waals surface area (Å²) in [5, 5.41) is 1.18. The van der Waals surface area contributed by atoms with Gasteiger partial charge < -0.3 is 15.5 Å². The van der Waals surface area contributed by atoms with Gasteiger partial charge in [0, 0.05) is 17.6 Å². The Kier molecular flexibility index (Phi) is 2.17. The van der Waals surface area contributed by atoms with Crippen LogP contribution < -0.4 is 10.5 Å². The lowest BCUT2D eigenvalue weighted by atomic mass is 10.1. The van der Waals surface area contributed by atoms with Gasteiger partial charge in [-0.05, 0) is 24.6 Å². The number of H-pyrrole nitrogens is 1. The lowest BCUT2D eigenvalue weighted by Gasteiger charge is -2.02. The van der Waals surface area contributed by atoms with Gasteiger partial charge in [0.15, 0.2) is 0 Å². The van der Waals surface area contributed by atoms with Crippen LogP contribution in [-0.2, 0) is 6.54 Å². The van der Waals surface area contributed by atoms with Crippen LogP contribution in [-0.4, -0.2) is 12.1 Å². The third-order valence-corrected chi connectivity index (χ3v) is 2.47. The Bertz CT molecular complexity index is 460. The highest BCUT2D eigenvalue weighted by Gasteiger charge is 2.06. The number of ether oxygens (including phenoxy) is 1. The van der Waals surface area contributed by atoms with Crippen molar-refractivity contribution < 1.29 is 4.74 Å². The smallest absolute Gasteiger partial charge is 0.142 e. The molecule has 0 spiro atoms. The predicted octanol–water partition coefficient (Wildman–Crippen LogP) is 1.94. The lowest BCUT2D eigenvalue weighted by molar-refractivity contribution is 0.419. The molecule has 0 aliphatic heterocycles. The van der Waals surface area contributed by atoms with E-state index in [2.05, 4.69) is 24.0 Å². The zero-order valence-electron chi connectivity index (χ0n) is 8.42. The van der Waals surface area contributed by atoms with Gasteiger partial charge in [-0.25, -0.2) is 0 Å². The van der Waals surface area contributed by atoms with Crippen molar-refractivity contribution in [2.45, 2.75) is 13.5 Å². The molecular formula is C11H14N2O. The Morgan fingerprint density at radius 3 is 2.86 bits per heavy atom. The maximum Gasteiger partial charge on any atom is 0.142 e. The first kappa shape index (κ1) is 9.09. The minimum absolute atomic E-state index is 0.525. The van der Waals surface area contributed by atoms with Gasteiger partial charge in [-0.1, -0.05) is 6.07 Å². The number of fused-ring (bicyclic) bond motifs is 1. The van der Waals surface area contributed by atoms with E-state index in [1.165, 1.54) is 10.9 Å². The van der Waals surface area contributed by atoms with E-state index in [1.807, 2.05) is 6.07 Å². The van der Waals surface area contributed by atoms with Crippen molar-refractivity contribution in [3.05, 3.63) is 29.5 Å². The Balaban J connectivity index is 2.74. The van der Waals surface area contributed by atoms with Crippen LogP contribution in [0.3, 0.4) is 0 Å². The first-order chi connectivity index (χ1) is 6.76. The molecule has 1 aromatic heterocycles. The van der Waals surface area contributed by atoms with Crippen LogP contribution in [0, 0.1) is 6.92 Å². The molecule has 74 valence electrons. The van der Waals surface area contributed by atoms with Gasteiger partial charge in [0.25, 0.3) is 0 Å². The fraction of sp³-hybridized carbons (Fsp3) is 0.273. The number of aromatic amines is 1. The Hall–Kier alpha value is -1.48. The van der Waals surface area contributed by atoms with Crippen molar-refractivity contribution in [1.82, 2.24) is 4.98 Å². The Morgan fingerprint density at radius 1 is 1.43 bits per heavy atom. The van der Waals surface area contributed by atoms with Gasteiger partial charge in [0.2, 0.25) is 0 Å². The second-order valence-electron chi connectivity index (χ2n) is 3.37. The fourth-order valence-corrected chi connectivity index (χ4v) is 1.67. The van der Waals surface area contributed by atoms with Crippen LogP contribution in [0.25, 0.3) is 10.9 Å². The van der Waals surface area contributed by atoms with Gasteiger partial charge in [-0.2, -0.15) is 0 Å². The molecule has 0 saturated heterocycles. The standard InChI is InChI=1S/C11H14N2O/c1-7-3-4-10(14-2)11-9(7)5-8(6-12)13-11/h3-5,13H,6,12H2,1-2H3. The number of nitrogens with two attached hydrogens (primary N) is 1. The SMILES string of the molecule is COc1ccc(C)c2cc(CN)[nH]c12. The molecule has 0 radical (unpaired) electrons. The van der Waals surface area contributed by atoms with E-state index < -0.39 is 0 Å². The summed E-state index contributed by atoms with van der Waals surface area (Å²) in [5.74, 6) is 0.866. The maximum absolute atomic E-state index is 5.58. The monoisotopic (exact) mass is 190 g/mol. The molecule has 0 saturated carbocycles. The van der Waals surface area contributed by atoms with Crippen LogP contribution in [0.4, 0.5) is 0 Å². The van der Waals surface area contributed by atoms with Gasteiger partial charge in [-0.3, -0.25) is 0 Å². The van der Waals surface area contributed by atoms with E-state index in [4.69, 9.17) is 10.5 Å². The van der Waals surface area contributed by atoms with Crippen LogP contribution in [0.5, 0.6) is 5.75 Å². The predicted molar refractivity (Wildman–Crippen MR) is 57.5 cm³/mol. The van der Waals surface area contributed by atoms with Gasteiger partial charge in [0.1, 0.15) is 5.75 Å². The molecule has 2 rings (SSSR count). The number of aromatic nitrogens is 1. The van der Waals surface area contributed by atoms with Crippen LogP contribution >= 0.6 is 0 Å². The number of methoxy groups -OCH3 is 1. The molecule has 3 N–H and O–H groups in total. The summed E-state index contributed by atoms with van der Waals surface area (Å²) in [6.07, 6.45) is 0. The van der Waals surface area contributed by atoms with Crippen molar-refractivity contribution >= 4 is 10.9 Å². The van der Waals surface area contributed by atoms with Crippen LogP contribution in [0.1, 0.15) is 11.3 Å². The highest BCUT2D eigenvalue weighted by molar-refractivity contribution is 5.88. The molecule has 0 aliphatic rings. The van der Waals surface area contributed by atoms with Crippen LogP contribution in [0.2, 0.25) is 0 Å². The van der Waals surface area contributed by atoms with Gasteiger partial charge in [-0.15, -0.1) is 0 Å². The molecule has 3 nitrogen and oxygen atoms in total. The normalized spacial score (nSPS) is 10.8.